The van der Waals surface area contributed by atoms with E-state index >= 15 is 0 Å². The average Bonchev–Trinajstić information content (AvgIpc) is 2.30. The third-order valence-electron chi connectivity index (χ3n) is 2.40. The molecule has 1 nitrogen and oxygen atoms in total. The van der Waals surface area contributed by atoms with E-state index in [4.69, 9.17) is 0 Å². The number of aliphatic imine (C=N–C) groups is 1. The molecule has 0 aliphatic heterocycles. The molecule has 80 valence electrons. The Morgan fingerprint density at radius 3 is 2.56 bits per heavy atom. The van der Waals surface area contributed by atoms with Gasteiger partial charge in [-0.2, -0.15) is 0 Å². The summed E-state index contributed by atoms with van der Waals surface area (Å²) in [6.45, 7) is 2.84. The molecule has 2 aromatic rings. The van der Waals surface area contributed by atoms with Crippen molar-refractivity contribution in [1.29, 1.82) is 0 Å². The van der Waals surface area contributed by atoms with Gasteiger partial charge in [0.2, 0.25) is 0 Å². The molecule has 0 aromatic heterocycles. The predicted molar refractivity (Wildman–Crippen MR) is 68.9 cm³/mol. The van der Waals surface area contributed by atoms with Gasteiger partial charge in [-0.25, -0.2) is 0 Å². The lowest BCUT2D eigenvalue weighted by atomic mass is 10.1. The number of hydrogen-bond acceptors (Lipinski definition) is 1. The molecule has 1 heteroatoms. The second-order valence-corrected chi connectivity index (χ2v) is 3.87. The first-order valence-corrected chi connectivity index (χ1v) is 5.45. The van der Waals surface area contributed by atoms with E-state index in [1.54, 1.807) is 0 Å². The highest BCUT2D eigenvalue weighted by Crippen LogP contribution is 2.03. The summed E-state index contributed by atoms with van der Waals surface area (Å²) in [5.74, 6) is 0. The van der Waals surface area contributed by atoms with E-state index in [1.165, 1.54) is 11.1 Å². The summed E-state index contributed by atoms with van der Waals surface area (Å²) in [5, 5.41) is 0. The van der Waals surface area contributed by atoms with E-state index < -0.39 is 0 Å². The van der Waals surface area contributed by atoms with Crippen LogP contribution in [0.1, 0.15) is 16.7 Å². The van der Waals surface area contributed by atoms with Crippen LogP contribution in [0, 0.1) is 6.92 Å². The second kappa shape index (κ2) is 5.26. The molecule has 0 amide bonds. The monoisotopic (exact) mass is 209 g/mol. The van der Waals surface area contributed by atoms with Gasteiger partial charge in [0.05, 0.1) is 6.54 Å². The third-order valence-corrected chi connectivity index (χ3v) is 2.40. The van der Waals surface area contributed by atoms with Crippen LogP contribution in [-0.2, 0) is 6.54 Å². The molecule has 0 heterocycles. The molecular weight excluding hydrogens is 194 g/mol. The van der Waals surface area contributed by atoms with Crippen molar-refractivity contribution < 1.29 is 0 Å². The van der Waals surface area contributed by atoms with Crippen molar-refractivity contribution in [3.8, 4) is 0 Å². The summed E-state index contributed by atoms with van der Waals surface area (Å²) in [7, 11) is 0. The molecule has 0 aliphatic carbocycles. The van der Waals surface area contributed by atoms with E-state index in [1.807, 2.05) is 24.4 Å². The van der Waals surface area contributed by atoms with Crippen LogP contribution in [0.5, 0.6) is 0 Å². The molecule has 0 saturated heterocycles. The maximum absolute atomic E-state index is 4.43. The Balaban J connectivity index is 2.00. The Hall–Kier alpha value is -1.89. The average molecular weight is 209 g/mol. The van der Waals surface area contributed by atoms with E-state index in [-0.39, 0.29) is 0 Å². The summed E-state index contributed by atoms with van der Waals surface area (Å²) < 4.78 is 0. The summed E-state index contributed by atoms with van der Waals surface area (Å²) in [6, 6.07) is 18.6. The molecule has 16 heavy (non-hydrogen) atoms. The van der Waals surface area contributed by atoms with Crippen LogP contribution in [0.25, 0.3) is 0 Å². The van der Waals surface area contributed by atoms with Crippen molar-refractivity contribution in [2.45, 2.75) is 13.5 Å². The maximum Gasteiger partial charge on any atom is 0.0639 e. The molecule has 0 spiro atoms. The standard InChI is InChI=1S/C15H15N/c1-13-6-5-9-15(10-13)12-16-11-14-7-3-2-4-8-14/h2-10,12H,11H2,1H3. The zero-order chi connectivity index (χ0) is 11.2. The zero-order valence-corrected chi connectivity index (χ0v) is 9.43. The molecule has 2 aromatic carbocycles. The predicted octanol–water partition coefficient (Wildman–Crippen LogP) is 3.61. The van der Waals surface area contributed by atoms with E-state index in [0.717, 1.165) is 12.1 Å². The minimum absolute atomic E-state index is 0.745. The molecule has 2 rings (SSSR count). The highest BCUT2D eigenvalue weighted by molar-refractivity contribution is 5.79. The van der Waals surface area contributed by atoms with Crippen molar-refractivity contribution in [3.05, 3.63) is 71.3 Å². The summed E-state index contributed by atoms with van der Waals surface area (Å²) >= 11 is 0. The van der Waals surface area contributed by atoms with Gasteiger partial charge < -0.3 is 0 Å². The van der Waals surface area contributed by atoms with Crippen molar-refractivity contribution in [2.24, 2.45) is 4.99 Å². The Morgan fingerprint density at radius 2 is 1.81 bits per heavy atom. The maximum atomic E-state index is 4.43. The summed E-state index contributed by atoms with van der Waals surface area (Å²) in [4.78, 5) is 4.43. The van der Waals surface area contributed by atoms with Crippen LogP contribution in [0.2, 0.25) is 0 Å². The minimum atomic E-state index is 0.745. The number of rotatable bonds is 3. The molecular formula is C15H15N. The Morgan fingerprint density at radius 1 is 1.00 bits per heavy atom. The molecule has 0 saturated carbocycles. The van der Waals surface area contributed by atoms with Crippen molar-refractivity contribution in [1.82, 2.24) is 0 Å². The number of benzene rings is 2. The van der Waals surface area contributed by atoms with Crippen LogP contribution in [0.3, 0.4) is 0 Å². The van der Waals surface area contributed by atoms with Crippen LogP contribution >= 0.6 is 0 Å². The lowest BCUT2D eigenvalue weighted by molar-refractivity contribution is 1.08. The molecule has 0 atom stereocenters. The van der Waals surface area contributed by atoms with Gasteiger partial charge in [0.25, 0.3) is 0 Å². The van der Waals surface area contributed by atoms with Gasteiger partial charge in [0.15, 0.2) is 0 Å². The SMILES string of the molecule is Cc1cccc(C=NCc2ccccc2)c1. The molecule has 0 radical (unpaired) electrons. The quantitative estimate of drug-likeness (QED) is 0.685. The summed E-state index contributed by atoms with van der Waals surface area (Å²) in [6.07, 6.45) is 1.93. The fourth-order valence-corrected chi connectivity index (χ4v) is 1.59. The third kappa shape index (κ3) is 3.06. The fraction of sp³-hybridized carbons (Fsp3) is 0.133. The molecule has 0 aliphatic rings. The van der Waals surface area contributed by atoms with Gasteiger partial charge in [-0.15, -0.1) is 0 Å². The van der Waals surface area contributed by atoms with Crippen molar-refractivity contribution >= 4 is 6.21 Å². The second-order valence-electron chi connectivity index (χ2n) is 3.87. The topological polar surface area (TPSA) is 12.4 Å². The highest BCUT2D eigenvalue weighted by atomic mass is 14.7. The van der Waals surface area contributed by atoms with Gasteiger partial charge in [-0.1, -0.05) is 60.2 Å². The van der Waals surface area contributed by atoms with Gasteiger partial charge in [0.1, 0.15) is 0 Å². The number of aryl methyl sites for hydroxylation is 1. The van der Waals surface area contributed by atoms with Crippen LogP contribution in [0.4, 0.5) is 0 Å². The van der Waals surface area contributed by atoms with Crippen LogP contribution < -0.4 is 0 Å². The Labute approximate surface area is 96.5 Å². The first kappa shape index (κ1) is 10.6. The number of nitrogens with zero attached hydrogens (tertiary/aromatic N) is 1. The zero-order valence-electron chi connectivity index (χ0n) is 9.43. The van der Waals surface area contributed by atoms with Gasteiger partial charge in [-0.3, -0.25) is 4.99 Å². The Bertz CT molecular complexity index is 472. The van der Waals surface area contributed by atoms with Crippen molar-refractivity contribution in [3.63, 3.8) is 0 Å². The van der Waals surface area contributed by atoms with Crippen LogP contribution in [-0.4, -0.2) is 6.21 Å². The first-order valence-electron chi connectivity index (χ1n) is 5.45. The van der Waals surface area contributed by atoms with Crippen molar-refractivity contribution in [2.75, 3.05) is 0 Å². The smallest absolute Gasteiger partial charge is 0.0639 e. The first-order chi connectivity index (χ1) is 7.84. The normalized spacial score (nSPS) is 10.8. The van der Waals surface area contributed by atoms with Gasteiger partial charge in [0, 0.05) is 6.21 Å². The molecule has 0 fully saturated rings. The Kier molecular flexibility index (Phi) is 3.50. The molecule has 0 bridgehead atoms. The van der Waals surface area contributed by atoms with Gasteiger partial charge >= 0.3 is 0 Å². The van der Waals surface area contributed by atoms with E-state index in [9.17, 15) is 0 Å². The summed E-state index contributed by atoms with van der Waals surface area (Å²) in [5.41, 5.74) is 3.67. The highest BCUT2D eigenvalue weighted by Gasteiger charge is 1.89. The minimum Gasteiger partial charge on any atom is -0.288 e. The van der Waals surface area contributed by atoms with E-state index in [0.29, 0.717) is 0 Å². The van der Waals surface area contributed by atoms with Crippen LogP contribution in [0.15, 0.2) is 59.6 Å². The fourth-order valence-electron chi connectivity index (χ4n) is 1.59. The van der Waals surface area contributed by atoms with Gasteiger partial charge in [-0.05, 0) is 18.1 Å². The lowest BCUT2D eigenvalue weighted by Crippen LogP contribution is -1.84. The van der Waals surface area contributed by atoms with E-state index in [2.05, 4.69) is 48.3 Å². The lowest BCUT2D eigenvalue weighted by Gasteiger charge is -1.96. The molecule has 0 N–H and O–H groups in total. The molecule has 0 unspecified atom stereocenters. The largest absolute Gasteiger partial charge is 0.288 e. The number of hydrogen-bond donors (Lipinski definition) is 0.